The van der Waals surface area contributed by atoms with E-state index in [0.29, 0.717) is 13.1 Å². The molecule has 0 aliphatic carbocycles. The summed E-state index contributed by atoms with van der Waals surface area (Å²) in [4.78, 5) is 24.2. The molecule has 4 nitrogen and oxygen atoms in total. The van der Waals surface area contributed by atoms with Crippen molar-refractivity contribution < 1.29 is 0 Å². The molecule has 0 amide bonds. The first-order valence-electron chi connectivity index (χ1n) is 6.54. The zero-order chi connectivity index (χ0) is 13.8. The van der Waals surface area contributed by atoms with E-state index in [4.69, 9.17) is 0 Å². The summed E-state index contributed by atoms with van der Waals surface area (Å²) in [6.07, 6.45) is 3.46. The van der Waals surface area contributed by atoms with Gasteiger partial charge in [-0.15, -0.1) is 6.58 Å². The molecule has 0 aliphatic rings. The Labute approximate surface area is 111 Å². The van der Waals surface area contributed by atoms with E-state index in [0.717, 1.165) is 23.9 Å². The van der Waals surface area contributed by atoms with Crippen molar-refractivity contribution >= 4 is 11.0 Å². The molecule has 2 aromatic rings. The first-order valence-corrected chi connectivity index (χ1v) is 6.54. The van der Waals surface area contributed by atoms with E-state index in [9.17, 15) is 9.59 Å². The third-order valence-electron chi connectivity index (χ3n) is 3.24. The molecule has 1 aromatic heterocycles. The lowest BCUT2D eigenvalue weighted by molar-refractivity contribution is 0.623. The summed E-state index contributed by atoms with van der Waals surface area (Å²) in [6.45, 7) is 6.59. The largest absolute Gasteiger partial charge is 0.316 e. The number of unbranched alkanes of at least 4 members (excludes halogenated alkanes) is 1. The van der Waals surface area contributed by atoms with Crippen LogP contribution in [0, 0.1) is 0 Å². The van der Waals surface area contributed by atoms with E-state index < -0.39 is 11.1 Å². The molecule has 0 N–H and O–H groups in total. The smallest absolute Gasteiger partial charge is 0.302 e. The topological polar surface area (TPSA) is 44.0 Å². The second kappa shape index (κ2) is 5.69. The van der Waals surface area contributed by atoms with E-state index >= 15 is 0 Å². The highest BCUT2D eigenvalue weighted by atomic mass is 16.2. The number of para-hydroxylation sites is 2. The third kappa shape index (κ3) is 2.38. The van der Waals surface area contributed by atoms with E-state index in [1.807, 2.05) is 37.3 Å². The molecule has 0 saturated heterocycles. The number of nitrogens with zero attached hydrogens (tertiary/aromatic N) is 2. The SMILES string of the molecule is C=CCCCn1c(=O)c(=O)n(CC)c2ccccc21. The first-order chi connectivity index (χ1) is 9.20. The van der Waals surface area contributed by atoms with Gasteiger partial charge >= 0.3 is 11.1 Å². The van der Waals surface area contributed by atoms with Crippen LogP contribution in [0.2, 0.25) is 0 Å². The Morgan fingerprint density at radius 2 is 1.68 bits per heavy atom. The number of rotatable bonds is 5. The average molecular weight is 258 g/mol. The molecule has 0 unspecified atom stereocenters. The molecule has 1 aromatic carbocycles. The Hall–Kier alpha value is -2.10. The highest BCUT2D eigenvalue weighted by Gasteiger charge is 2.10. The minimum Gasteiger partial charge on any atom is -0.302 e. The minimum atomic E-state index is -0.445. The molecule has 0 spiro atoms. The zero-order valence-corrected chi connectivity index (χ0v) is 11.1. The summed E-state index contributed by atoms with van der Waals surface area (Å²) in [6, 6.07) is 7.53. The van der Waals surface area contributed by atoms with E-state index in [2.05, 4.69) is 6.58 Å². The van der Waals surface area contributed by atoms with Crippen LogP contribution in [0.1, 0.15) is 19.8 Å². The summed E-state index contributed by atoms with van der Waals surface area (Å²) in [5, 5.41) is 0. The van der Waals surface area contributed by atoms with Gasteiger partial charge in [0.25, 0.3) is 0 Å². The highest BCUT2D eigenvalue weighted by Crippen LogP contribution is 2.11. The van der Waals surface area contributed by atoms with Gasteiger partial charge in [-0.1, -0.05) is 18.2 Å². The van der Waals surface area contributed by atoms with Gasteiger partial charge in [0, 0.05) is 13.1 Å². The molecule has 4 heteroatoms. The van der Waals surface area contributed by atoms with Crippen molar-refractivity contribution in [2.24, 2.45) is 0 Å². The van der Waals surface area contributed by atoms with Crippen molar-refractivity contribution in [1.82, 2.24) is 9.13 Å². The summed E-state index contributed by atoms with van der Waals surface area (Å²) in [7, 11) is 0. The maximum absolute atomic E-state index is 12.2. The maximum atomic E-state index is 12.2. The number of benzene rings is 1. The van der Waals surface area contributed by atoms with Crippen molar-refractivity contribution in [1.29, 1.82) is 0 Å². The predicted octanol–water partition coefficient (Wildman–Crippen LogP) is 2.15. The Morgan fingerprint density at radius 1 is 1.11 bits per heavy atom. The van der Waals surface area contributed by atoms with Crippen LogP contribution in [-0.2, 0) is 13.1 Å². The van der Waals surface area contributed by atoms with Crippen LogP contribution in [-0.4, -0.2) is 9.13 Å². The molecule has 0 radical (unpaired) electrons. The monoisotopic (exact) mass is 258 g/mol. The second-order valence-electron chi connectivity index (χ2n) is 4.43. The van der Waals surface area contributed by atoms with Crippen LogP contribution in [0.15, 0.2) is 46.5 Å². The third-order valence-corrected chi connectivity index (χ3v) is 3.24. The molecule has 1 heterocycles. The molecule has 2 rings (SSSR count). The highest BCUT2D eigenvalue weighted by molar-refractivity contribution is 5.75. The zero-order valence-electron chi connectivity index (χ0n) is 11.1. The summed E-state index contributed by atoms with van der Waals surface area (Å²) >= 11 is 0. The summed E-state index contributed by atoms with van der Waals surface area (Å²) in [5.74, 6) is 0. The summed E-state index contributed by atoms with van der Waals surface area (Å²) < 4.78 is 3.11. The molecule has 0 saturated carbocycles. The number of aryl methyl sites for hydroxylation is 2. The fourth-order valence-electron chi connectivity index (χ4n) is 2.30. The Bertz CT molecular complexity index is 710. The van der Waals surface area contributed by atoms with Gasteiger partial charge in [-0.2, -0.15) is 0 Å². The van der Waals surface area contributed by atoms with Crippen molar-refractivity contribution in [3.8, 4) is 0 Å². The number of allylic oxidation sites excluding steroid dienone is 1. The average Bonchev–Trinajstić information content (AvgIpc) is 2.44. The maximum Gasteiger partial charge on any atom is 0.316 e. The van der Waals surface area contributed by atoms with Crippen molar-refractivity contribution in [2.45, 2.75) is 32.9 Å². The Kier molecular flexibility index (Phi) is 4.00. The number of fused-ring (bicyclic) bond motifs is 1. The van der Waals surface area contributed by atoms with E-state index in [-0.39, 0.29) is 0 Å². The van der Waals surface area contributed by atoms with Crippen LogP contribution >= 0.6 is 0 Å². The fourth-order valence-corrected chi connectivity index (χ4v) is 2.30. The molecule has 19 heavy (non-hydrogen) atoms. The Balaban J connectivity index is 2.69. The van der Waals surface area contributed by atoms with Gasteiger partial charge in [-0.3, -0.25) is 9.59 Å². The molecule has 0 aliphatic heterocycles. The van der Waals surface area contributed by atoms with Gasteiger partial charge in [-0.25, -0.2) is 0 Å². The lowest BCUT2D eigenvalue weighted by Crippen LogP contribution is -2.41. The normalized spacial score (nSPS) is 10.8. The molecule has 0 atom stereocenters. The van der Waals surface area contributed by atoms with Crippen LogP contribution in [0.4, 0.5) is 0 Å². The van der Waals surface area contributed by atoms with Crippen LogP contribution in [0.5, 0.6) is 0 Å². The van der Waals surface area contributed by atoms with Crippen LogP contribution in [0.25, 0.3) is 11.0 Å². The van der Waals surface area contributed by atoms with E-state index in [1.54, 1.807) is 4.57 Å². The van der Waals surface area contributed by atoms with Gasteiger partial charge < -0.3 is 9.13 Å². The fraction of sp³-hybridized carbons (Fsp3) is 0.333. The first kappa shape index (κ1) is 13.3. The molecular formula is C15H18N2O2. The van der Waals surface area contributed by atoms with Crippen LogP contribution < -0.4 is 11.1 Å². The van der Waals surface area contributed by atoms with Gasteiger partial charge in [0.2, 0.25) is 0 Å². The van der Waals surface area contributed by atoms with Crippen molar-refractivity contribution in [2.75, 3.05) is 0 Å². The van der Waals surface area contributed by atoms with E-state index in [1.165, 1.54) is 4.57 Å². The molecule has 0 bridgehead atoms. The predicted molar refractivity (Wildman–Crippen MR) is 77.6 cm³/mol. The minimum absolute atomic E-state index is 0.440. The Morgan fingerprint density at radius 3 is 2.26 bits per heavy atom. The number of aromatic nitrogens is 2. The second-order valence-corrected chi connectivity index (χ2v) is 4.43. The van der Waals surface area contributed by atoms with Crippen LogP contribution in [0.3, 0.4) is 0 Å². The molecular weight excluding hydrogens is 240 g/mol. The van der Waals surface area contributed by atoms with Crippen molar-refractivity contribution in [3.05, 3.63) is 57.6 Å². The van der Waals surface area contributed by atoms with Gasteiger partial charge in [0.05, 0.1) is 11.0 Å². The van der Waals surface area contributed by atoms with Gasteiger partial charge in [0.1, 0.15) is 0 Å². The quantitative estimate of drug-likeness (QED) is 0.468. The lowest BCUT2D eigenvalue weighted by atomic mass is 10.2. The number of hydrogen-bond acceptors (Lipinski definition) is 2. The number of hydrogen-bond donors (Lipinski definition) is 0. The lowest BCUT2D eigenvalue weighted by Gasteiger charge is -2.13. The van der Waals surface area contributed by atoms with Gasteiger partial charge in [-0.05, 0) is 31.9 Å². The summed E-state index contributed by atoms with van der Waals surface area (Å²) in [5.41, 5.74) is 0.746. The van der Waals surface area contributed by atoms with Crippen molar-refractivity contribution in [3.63, 3.8) is 0 Å². The van der Waals surface area contributed by atoms with Gasteiger partial charge in [0.15, 0.2) is 0 Å². The molecule has 0 fully saturated rings. The molecule has 100 valence electrons. The standard InChI is InChI=1S/C15H18N2O2/c1-3-5-8-11-17-13-10-7-6-9-12(13)16(4-2)14(18)15(17)19/h3,6-7,9-10H,1,4-5,8,11H2,2H3.